The first-order valence-electron chi connectivity index (χ1n) is 6.25. The van der Waals surface area contributed by atoms with Crippen LogP contribution in [0.1, 0.15) is 6.92 Å². The Morgan fingerprint density at radius 2 is 1.79 bits per heavy atom. The van der Waals surface area contributed by atoms with Crippen molar-refractivity contribution in [2.75, 3.05) is 40.5 Å². The molecule has 5 heteroatoms. The van der Waals surface area contributed by atoms with Crippen molar-refractivity contribution in [2.45, 2.75) is 6.92 Å². The quantitative estimate of drug-likeness (QED) is 0.669. The molecule has 0 radical (unpaired) electrons. The summed E-state index contributed by atoms with van der Waals surface area (Å²) in [6, 6.07) is 7.41. The third-order valence-electron chi connectivity index (χ3n) is 2.76. The second-order valence-corrected chi connectivity index (χ2v) is 3.97. The van der Waals surface area contributed by atoms with Crippen LogP contribution in [0, 0.1) is 0 Å². The van der Waals surface area contributed by atoms with E-state index in [0.717, 1.165) is 18.0 Å². The molecule has 0 atom stereocenters. The highest BCUT2D eigenvalue weighted by Crippen LogP contribution is 2.16. The van der Waals surface area contributed by atoms with E-state index in [0.29, 0.717) is 19.7 Å². The fourth-order valence-corrected chi connectivity index (χ4v) is 1.56. The average Bonchev–Trinajstić information content (AvgIpc) is 2.46. The maximum absolute atomic E-state index is 11.2. The summed E-state index contributed by atoms with van der Waals surface area (Å²) in [5.41, 5.74) is 0. The lowest BCUT2D eigenvalue weighted by atomic mass is 10.3. The third kappa shape index (κ3) is 5.61. The summed E-state index contributed by atoms with van der Waals surface area (Å²) in [5, 5.41) is 0. The molecule has 19 heavy (non-hydrogen) atoms. The van der Waals surface area contributed by atoms with Crippen molar-refractivity contribution in [3.05, 3.63) is 24.3 Å². The van der Waals surface area contributed by atoms with E-state index in [1.165, 1.54) is 7.11 Å². The van der Waals surface area contributed by atoms with E-state index >= 15 is 0 Å². The van der Waals surface area contributed by atoms with E-state index in [4.69, 9.17) is 9.47 Å². The van der Waals surface area contributed by atoms with Gasteiger partial charge in [-0.1, -0.05) is 6.92 Å². The summed E-state index contributed by atoms with van der Waals surface area (Å²) in [6.45, 7) is 4.27. The number of benzene rings is 1. The summed E-state index contributed by atoms with van der Waals surface area (Å²) in [5.74, 6) is 1.36. The van der Waals surface area contributed by atoms with Gasteiger partial charge in [-0.2, -0.15) is 0 Å². The monoisotopic (exact) mass is 267 g/mol. The van der Waals surface area contributed by atoms with E-state index in [2.05, 4.69) is 4.74 Å². The van der Waals surface area contributed by atoms with Crippen molar-refractivity contribution >= 4 is 5.97 Å². The number of methoxy groups -OCH3 is 2. The lowest BCUT2D eigenvalue weighted by molar-refractivity contribution is -0.141. The maximum atomic E-state index is 11.2. The average molecular weight is 267 g/mol. The first-order valence-corrected chi connectivity index (χ1v) is 6.25. The molecule has 0 fully saturated rings. The Hall–Kier alpha value is -1.75. The highest BCUT2D eigenvalue weighted by Gasteiger charge is 2.08. The van der Waals surface area contributed by atoms with Gasteiger partial charge >= 0.3 is 5.97 Å². The number of likely N-dealkylation sites (N-methyl/N-ethyl adjacent to an activating group) is 1. The fraction of sp³-hybridized carbons (Fsp3) is 0.500. The number of hydrogen-bond donors (Lipinski definition) is 0. The normalized spacial score (nSPS) is 10.3. The van der Waals surface area contributed by atoms with Crippen LogP contribution in [0.25, 0.3) is 0 Å². The molecule has 0 spiro atoms. The smallest absolute Gasteiger partial charge is 0.319 e. The second kappa shape index (κ2) is 8.37. The summed E-state index contributed by atoms with van der Waals surface area (Å²) < 4.78 is 15.3. The molecule has 0 heterocycles. The van der Waals surface area contributed by atoms with Crippen LogP contribution in [0.3, 0.4) is 0 Å². The second-order valence-electron chi connectivity index (χ2n) is 3.97. The molecular formula is C14H21NO4. The number of rotatable bonds is 8. The van der Waals surface area contributed by atoms with Crippen molar-refractivity contribution < 1.29 is 19.0 Å². The number of carbonyl (C=O) groups excluding carboxylic acids is 1. The number of nitrogens with zero attached hydrogens (tertiary/aromatic N) is 1. The van der Waals surface area contributed by atoms with E-state index in [9.17, 15) is 4.79 Å². The van der Waals surface area contributed by atoms with Crippen molar-refractivity contribution in [2.24, 2.45) is 0 Å². The molecule has 106 valence electrons. The van der Waals surface area contributed by atoms with Gasteiger partial charge < -0.3 is 14.2 Å². The molecule has 0 aliphatic heterocycles. The van der Waals surface area contributed by atoms with E-state index < -0.39 is 0 Å². The molecule has 0 saturated heterocycles. The molecule has 0 saturated carbocycles. The van der Waals surface area contributed by atoms with Gasteiger partial charge in [0.2, 0.25) is 0 Å². The summed E-state index contributed by atoms with van der Waals surface area (Å²) in [6.07, 6.45) is 0. The standard InChI is InChI=1S/C14H21NO4/c1-4-15(11-14(16)18-3)9-10-19-13-7-5-12(17-2)6-8-13/h5-8H,4,9-11H2,1-3H3. The Balaban J connectivity index is 2.32. The van der Waals surface area contributed by atoms with Crippen molar-refractivity contribution in [3.8, 4) is 11.5 Å². The van der Waals surface area contributed by atoms with Crippen molar-refractivity contribution in [3.63, 3.8) is 0 Å². The maximum Gasteiger partial charge on any atom is 0.319 e. The van der Waals surface area contributed by atoms with Gasteiger partial charge in [0.25, 0.3) is 0 Å². The van der Waals surface area contributed by atoms with E-state index in [1.54, 1.807) is 7.11 Å². The van der Waals surface area contributed by atoms with Gasteiger partial charge in [-0.25, -0.2) is 0 Å². The minimum Gasteiger partial charge on any atom is -0.497 e. The Kier molecular flexibility index (Phi) is 6.74. The molecule has 1 aromatic rings. The van der Waals surface area contributed by atoms with Gasteiger partial charge in [0.1, 0.15) is 18.1 Å². The number of esters is 1. The zero-order valence-electron chi connectivity index (χ0n) is 11.7. The highest BCUT2D eigenvalue weighted by atomic mass is 16.5. The largest absolute Gasteiger partial charge is 0.497 e. The SMILES string of the molecule is CCN(CCOc1ccc(OC)cc1)CC(=O)OC. The Bertz CT molecular complexity index is 378. The van der Waals surface area contributed by atoms with Gasteiger partial charge in [0, 0.05) is 6.54 Å². The Labute approximate surface area is 114 Å². The first kappa shape index (κ1) is 15.3. The molecule has 0 amide bonds. The highest BCUT2D eigenvalue weighted by molar-refractivity contribution is 5.71. The molecule has 1 aromatic carbocycles. The van der Waals surface area contributed by atoms with Gasteiger partial charge in [0.05, 0.1) is 20.8 Å². The van der Waals surface area contributed by atoms with Gasteiger partial charge in [-0.3, -0.25) is 9.69 Å². The molecule has 0 unspecified atom stereocenters. The zero-order valence-corrected chi connectivity index (χ0v) is 11.7. The van der Waals surface area contributed by atoms with Crippen LogP contribution in [-0.2, 0) is 9.53 Å². The summed E-state index contributed by atoms with van der Waals surface area (Å²) >= 11 is 0. The van der Waals surface area contributed by atoms with Crippen LogP contribution >= 0.6 is 0 Å². The van der Waals surface area contributed by atoms with Crippen LogP contribution in [0.4, 0.5) is 0 Å². The first-order chi connectivity index (χ1) is 9.19. The number of hydrogen-bond acceptors (Lipinski definition) is 5. The molecule has 0 aliphatic carbocycles. The number of ether oxygens (including phenoxy) is 3. The van der Waals surface area contributed by atoms with Gasteiger partial charge in [-0.15, -0.1) is 0 Å². The molecule has 5 nitrogen and oxygen atoms in total. The molecule has 0 aromatic heterocycles. The van der Waals surface area contributed by atoms with E-state index in [-0.39, 0.29) is 5.97 Å². The van der Waals surface area contributed by atoms with Crippen LogP contribution in [0.15, 0.2) is 24.3 Å². The summed E-state index contributed by atoms with van der Waals surface area (Å²) in [7, 11) is 3.02. The topological polar surface area (TPSA) is 48.0 Å². The van der Waals surface area contributed by atoms with Crippen LogP contribution in [-0.4, -0.2) is 51.3 Å². The van der Waals surface area contributed by atoms with E-state index in [1.807, 2.05) is 36.1 Å². The lowest BCUT2D eigenvalue weighted by Crippen LogP contribution is -2.33. The van der Waals surface area contributed by atoms with Gasteiger partial charge in [0.15, 0.2) is 0 Å². The third-order valence-corrected chi connectivity index (χ3v) is 2.76. The fourth-order valence-electron chi connectivity index (χ4n) is 1.56. The minimum absolute atomic E-state index is 0.230. The zero-order chi connectivity index (χ0) is 14.1. The number of carbonyl (C=O) groups is 1. The van der Waals surface area contributed by atoms with Crippen LogP contribution in [0.5, 0.6) is 11.5 Å². The van der Waals surface area contributed by atoms with Crippen molar-refractivity contribution in [1.29, 1.82) is 0 Å². The Morgan fingerprint density at radius 1 is 1.16 bits per heavy atom. The molecular weight excluding hydrogens is 246 g/mol. The summed E-state index contributed by atoms with van der Waals surface area (Å²) in [4.78, 5) is 13.1. The lowest BCUT2D eigenvalue weighted by Gasteiger charge is -2.18. The Morgan fingerprint density at radius 3 is 2.32 bits per heavy atom. The minimum atomic E-state index is -0.230. The molecule has 0 aliphatic rings. The molecule has 0 bridgehead atoms. The predicted octanol–water partition coefficient (Wildman–Crippen LogP) is 1.57. The van der Waals surface area contributed by atoms with Gasteiger partial charge in [-0.05, 0) is 30.8 Å². The molecule has 0 N–H and O–H groups in total. The van der Waals surface area contributed by atoms with Crippen LogP contribution in [0.2, 0.25) is 0 Å². The predicted molar refractivity (Wildman–Crippen MR) is 72.6 cm³/mol. The van der Waals surface area contributed by atoms with Crippen molar-refractivity contribution in [1.82, 2.24) is 4.90 Å². The van der Waals surface area contributed by atoms with Crippen LogP contribution < -0.4 is 9.47 Å². The molecule has 1 rings (SSSR count).